The lowest BCUT2D eigenvalue weighted by Crippen LogP contribution is -2.35. The van der Waals surface area contributed by atoms with E-state index < -0.39 is 6.09 Å². The van der Waals surface area contributed by atoms with Crippen LogP contribution in [0.25, 0.3) is 0 Å². The van der Waals surface area contributed by atoms with E-state index in [2.05, 4.69) is 0 Å². The first-order chi connectivity index (χ1) is 10.2. The molecule has 2 amide bonds. The van der Waals surface area contributed by atoms with Gasteiger partial charge in [0.15, 0.2) is 0 Å². The molecule has 0 N–H and O–H groups in total. The van der Waals surface area contributed by atoms with E-state index in [1.54, 1.807) is 6.07 Å². The average molecular weight is 281 g/mol. The smallest absolute Gasteiger partial charge is 0.420 e. The molecule has 2 aromatic rings. The van der Waals surface area contributed by atoms with Crippen molar-refractivity contribution in [3.8, 4) is 0 Å². The minimum absolute atomic E-state index is 0.230. The first kappa shape index (κ1) is 13.4. The highest BCUT2D eigenvalue weighted by Crippen LogP contribution is 2.39. The fourth-order valence-electron chi connectivity index (χ4n) is 2.72. The second-order valence-corrected chi connectivity index (χ2v) is 4.94. The highest BCUT2D eigenvalue weighted by atomic mass is 16.5. The summed E-state index contributed by atoms with van der Waals surface area (Å²) in [5, 5.41) is 0. The van der Waals surface area contributed by atoms with Crippen molar-refractivity contribution in [2.75, 3.05) is 12.0 Å². The third kappa shape index (κ3) is 2.29. The lowest BCUT2D eigenvalue weighted by molar-refractivity contribution is -0.118. The van der Waals surface area contributed by atoms with Gasteiger partial charge in [0.05, 0.1) is 18.7 Å². The average Bonchev–Trinajstić information content (AvgIpc) is 2.80. The Morgan fingerprint density at radius 3 is 2.48 bits per heavy atom. The minimum atomic E-state index is -0.636. The number of hydrogen-bond acceptors (Lipinski definition) is 3. The highest BCUT2D eigenvalue weighted by molar-refractivity contribution is 6.19. The molecular formula is C17H15NO3. The number of benzene rings is 2. The van der Waals surface area contributed by atoms with Gasteiger partial charge in [0.2, 0.25) is 5.91 Å². The Hall–Kier alpha value is -2.62. The quantitative estimate of drug-likeness (QED) is 0.849. The van der Waals surface area contributed by atoms with Crippen molar-refractivity contribution in [1.29, 1.82) is 0 Å². The second kappa shape index (κ2) is 5.40. The van der Waals surface area contributed by atoms with Crippen molar-refractivity contribution < 1.29 is 14.3 Å². The largest absolute Gasteiger partial charge is 0.452 e. The number of imide groups is 1. The molecule has 1 heterocycles. The number of carbonyl (C=O) groups is 2. The van der Waals surface area contributed by atoms with Crippen LogP contribution in [0.5, 0.6) is 0 Å². The van der Waals surface area contributed by atoms with Gasteiger partial charge in [0.25, 0.3) is 0 Å². The first-order valence-corrected chi connectivity index (χ1v) is 6.77. The van der Waals surface area contributed by atoms with Gasteiger partial charge >= 0.3 is 6.09 Å². The maximum atomic E-state index is 12.6. The molecule has 3 rings (SSSR count). The van der Waals surface area contributed by atoms with Gasteiger partial charge in [-0.05, 0) is 23.6 Å². The van der Waals surface area contributed by atoms with Crippen LogP contribution in [-0.2, 0) is 16.0 Å². The lowest BCUT2D eigenvalue weighted by Gasteiger charge is -2.14. The Labute approximate surface area is 123 Å². The molecule has 0 saturated carbocycles. The fourth-order valence-corrected chi connectivity index (χ4v) is 2.72. The zero-order valence-electron chi connectivity index (χ0n) is 11.7. The maximum absolute atomic E-state index is 12.6. The van der Waals surface area contributed by atoms with Gasteiger partial charge in [-0.1, -0.05) is 48.5 Å². The summed E-state index contributed by atoms with van der Waals surface area (Å²) < 4.78 is 4.73. The summed E-state index contributed by atoms with van der Waals surface area (Å²) in [6.45, 7) is 0. The molecule has 1 unspecified atom stereocenters. The van der Waals surface area contributed by atoms with Gasteiger partial charge in [-0.15, -0.1) is 0 Å². The molecule has 106 valence electrons. The van der Waals surface area contributed by atoms with Crippen molar-refractivity contribution in [3.63, 3.8) is 0 Å². The first-order valence-electron chi connectivity index (χ1n) is 6.77. The molecule has 4 heteroatoms. The molecule has 1 atom stereocenters. The number of rotatable bonds is 2. The van der Waals surface area contributed by atoms with Crippen LogP contribution in [0.4, 0.5) is 10.5 Å². The number of anilines is 1. The number of nitrogens with zero attached hydrogens (tertiary/aromatic N) is 1. The third-order valence-corrected chi connectivity index (χ3v) is 3.71. The zero-order valence-corrected chi connectivity index (χ0v) is 11.7. The van der Waals surface area contributed by atoms with Crippen LogP contribution in [-0.4, -0.2) is 19.1 Å². The van der Waals surface area contributed by atoms with Crippen LogP contribution in [0.15, 0.2) is 54.6 Å². The summed E-state index contributed by atoms with van der Waals surface area (Å²) in [6, 6.07) is 17.1. The van der Waals surface area contributed by atoms with E-state index in [1.165, 1.54) is 7.11 Å². The van der Waals surface area contributed by atoms with Gasteiger partial charge in [0.1, 0.15) is 0 Å². The molecular weight excluding hydrogens is 266 g/mol. The third-order valence-electron chi connectivity index (χ3n) is 3.71. The molecule has 0 saturated heterocycles. The molecule has 0 bridgehead atoms. The summed E-state index contributed by atoms with van der Waals surface area (Å²) in [4.78, 5) is 25.6. The Bertz CT molecular complexity index is 681. The molecule has 0 radical (unpaired) electrons. The number of methoxy groups -OCH3 is 1. The van der Waals surface area contributed by atoms with Crippen LogP contribution >= 0.6 is 0 Å². The summed E-state index contributed by atoms with van der Waals surface area (Å²) in [5.74, 6) is -0.574. The zero-order chi connectivity index (χ0) is 14.8. The lowest BCUT2D eigenvalue weighted by atomic mass is 9.93. The Morgan fingerprint density at radius 1 is 1.10 bits per heavy atom. The Balaban J connectivity index is 1.99. The van der Waals surface area contributed by atoms with E-state index in [9.17, 15) is 9.59 Å². The van der Waals surface area contributed by atoms with Crippen molar-refractivity contribution in [1.82, 2.24) is 0 Å². The normalized spacial score (nSPS) is 16.7. The number of amides is 2. The summed E-state index contributed by atoms with van der Waals surface area (Å²) in [6.07, 6.45) is -0.0625. The van der Waals surface area contributed by atoms with Gasteiger partial charge in [-0.3, -0.25) is 4.79 Å². The van der Waals surface area contributed by atoms with Crippen molar-refractivity contribution in [2.45, 2.75) is 12.3 Å². The van der Waals surface area contributed by atoms with E-state index in [4.69, 9.17) is 4.74 Å². The van der Waals surface area contributed by atoms with E-state index in [0.29, 0.717) is 12.1 Å². The number of carbonyl (C=O) groups excluding carboxylic acids is 2. The van der Waals surface area contributed by atoms with Crippen LogP contribution in [0.1, 0.15) is 17.0 Å². The number of fused-ring (bicyclic) bond motifs is 1. The van der Waals surface area contributed by atoms with E-state index >= 15 is 0 Å². The predicted molar refractivity (Wildman–Crippen MR) is 79.2 cm³/mol. The fraction of sp³-hybridized carbons (Fsp3) is 0.176. The molecule has 2 aromatic carbocycles. The molecule has 21 heavy (non-hydrogen) atoms. The topological polar surface area (TPSA) is 46.6 Å². The SMILES string of the molecule is COC(=O)N1C(=O)C(Cc2ccccc2)c2ccccc21. The monoisotopic (exact) mass is 281 g/mol. The minimum Gasteiger partial charge on any atom is -0.452 e. The number of ether oxygens (including phenoxy) is 1. The Morgan fingerprint density at radius 2 is 1.76 bits per heavy atom. The van der Waals surface area contributed by atoms with Crippen molar-refractivity contribution in [3.05, 3.63) is 65.7 Å². The maximum Gasteiger partial charge on any atom is 0.420 e. The van der Waals surface area contributed by atoms with E-state index in [1.807, 2.05) is 48.5 Å². The van der Waals surface area contributed by atoms with E-state index in [0.717, 1.165) is 16.0 Å². The van der Waals surface area contributed by atoms with Crippen LogP contribution in [0.2, 0.25) is 0 Å². The molecule has 1 aliphatic heterocycles. The summed E-state index contributed by atoms with van der Waals surface area (Å²) >= 11 is 0. The molecule has 0 fully saturated rings. The van der Waals surface area contributed by atoms with Gasteiger partial charge < -0.3 is 4.74 Å². The van der Waals surface area contributed by atoms with Crippen LogP contribution in [0.3, 0.4) is 0 Å². The van der Waals surface area contributed by atoms with Crippen LogP contribution < -0.4 is 4.90 Å². The molecule has 0 aromatic heterocycles. The molecule has 4 nitrogen and oxygen atoms in total. The molecule has 1 aliphatic rings. The van der Waals surface area contributed by atoms with Gasteiger partial charge in [0, 0.05) is 0 Å². The molecule has 0 aliphatic carbocycles. The Kier molecular flexibility index (Phi) is 3.44. The van der Waals surface area contributed by atoms with Crippen molar-refractivity contribution >= 4 is 17.7 Å². The summed E-state index contributed by atoms with van der Waals surface area (Å²) in [7, 11) is 1.28. The second-order valence-electron chi connectivity index (χ2n) is 4.94. The van der Waals surface area contributed by atoms with Gasteiger partial charge in [-0.2, -0.15) is 0 Å². The number of para-hydroxylation sites is 1. The van der Waals surface area contributed by atoms with E-state index in [-0.39, 0.29) is 11.8 Å². The summed E-state index contributed by atoms with van der Waals surface area (Å²) in [5.41, 5.74) is 2.56. The van der Waals surface area contributed by atoms with Gasteiger partial charge in [-0.25, -0.2) is 9.69 Å². The highest BCUT2D eigenvalue weighted by Gasteiger charge is 2.40. The van der Waals surface area contributed by atoms with Crippen molar-refractivity contribution in [2.24, 2.45) is 0 Å². The molecule has 0 spiro atoms. The van der Waals surface area contributed by atoms with Crippen LogP contribution in [0, 0.1) is 0 Å². The standard InChI is InChI=1S/C17H15NO3/c1-21-17(20)18-15-10-6-5-9-13(15)14(16(18)19)11-12-7-3-2-4-8-12/h2-10,14H,11H2,1H3. The predicted octanol–water partition coefficient (Wildman–Crippen LogP) is 3.13. The number of hydrogen-bond donors (Lipinski definition) is 0.